The number of hydrogen-bond acceptors (Lipinski definition) is 2. The molecule has 2 rings (SSSR count). The number of hydrogen-bond donors (Lipinski definition) is 2. The number of anilines is 1. The van der Waals surface area contributed by atoms with E-state index in [9.17, 15) is 4.79 Å². The molecule has 0 fully saturated rings. The molecule has 1 aromatic carbocycles. The molecule has 2 aromatic rings. The largest absolute Gasteiger partial charge is 0.399 e. The maximum Gasteiger partial charge on any atom is 0.194 e. The Bertz CT molecular complexity index is 429. The summed E-state index contributed by atoms with van der Waals surface area (Å²) in [4.78, 5) is 14.6. The molecule has 0 bridgehead atoms. The number of carbonyl (C=O) groups excluding carboxylic acids is 1. The van der Waals surface area contributed by atoms with Gasteiger partial charge in [-0.25, -0.2) is 0 Å². The number of aromatic amines is 1. The number of nitrogens with one attached hydrogen (secondary N) is 1. The second-order valence-corrected chi connectivity index (χ2v) is 3.05. The zero-order chi connectivity index (χ0) is 9.97. The summed E-state index contributed by atoms with van der Waals surface area (Å²) in [5.74, 6) is 0.00579. The molecule has 3 heteroatoms. The van der Waals surface area contributed by atoms with Crippen LogP contribution in [-0.4, -0.2) is 10.8 Å². The SMILES string of the molecule is Nc1ccc(C(=O)c2cc[nH]c2)cc1. The summed E-state index contributed by atoms with van der Waals surface area (Å²) in [6.07, 6.45) is 3.41. The minimum absolute atomic E-state index is 0.00579. The molecule has 0 unspecified atom stereocenters. The molecule has 0 aliphatic heterocycles. The molecule has 70 valence electrons. The zero-order valence-corrected chi connectivity index (χ0v) is 7.53. The van der Waals surface area contributed by atoms with E-state index in [1.165, 1.54) is 0 Å². The van der Waals surface area contributed by atoms with E-state index in [1.807, 2.05) is 0 Å². The van der Waals surface area contributed by atoms with Crippen molar-refractivity contribution in [2.24, 2.45) is 0 Å². The Morgan fingerprint density at radius 1 is 1.07 bits per heavy atom. The van der Waals surface area contributed by atoms with Crippen molar-refractivity contribution < 1.29 is 4.79 Å². The van der Waals surface area contributed by atoms with Crippen LogP contribution < -0.4 is 5.73 Å². The first-order valence-corrected chi connectivity index (χ1v) is 4.30. The van der Waals surface area contributed by atoms with Crippen molar-refractivity contribution >= 4 is 11.5 Å². The number of nitrogens with two attached hydrogens (primary N) is 1. The minimum atomic E-state index is 0.00579. The second-order valence-electron chi connectivity index (χ2n) is 3.05. The van der Waals surface area contributed by atoms with Crippen LogP contribution in [0.5, 0.6) is 0 Å². The third kappa shape index (κ3) is 1.52. The van der Waals surface area contributed by atoms with E-state index < -0.39 is 0 Å². The van der Waals surface area contributed by atoms with Gasteiger partial charge in [0.25, 0.3) is 0 Å². The van der Waals surface area contributed by atoms with Gasteiger partial charge in [-0.2, -0.15) is 0 Å². The van der Waals surface area contributed by atoms with Crippen LogP contribution in [0.15, 0.2) is 42.7 Å². The molecule has 0 radical (unpaired) electrons. The number of carbonyl (C=O) groups is 1. The highest BCUT2D eigenvalue weighted by Gasteiger charge is 2.07. The fraction of sp³-hybridized carbons (Fsp3) is 0. The number of rotatable bonds is 2. The van der Waals surface area contributed by atoms with E-state index in [0.717, 1.165) is 0 Å². The zero-order valence-electron chi connectivity index (χ0n) is 7.53. The Kier molecular flexibility index (Phi) is 2.07. The number of H-pyrrole nitrogens is 1. The molecule has 1 aromatic heterocycles. The Balaban J connectivity index is 2.33. The summed E-state index contributed by atoms with van der Waals surface area (Å²) >= 11 is 0. The number of aromatic nitrogens is 1. The molecule has 3 N–H and O–H groups in total. The molecular formula is C11H10N2O. The monoisotopic (exact) mass is 186 g/mol. The minimum Gasteiger partial charge on any atom is -0.399 e. The average molecular weight is 186 g/mol. The van der Waals surface area contributed by atoms with Crippen LogP contribution in [0.4, 0.5) is 5.69 Å². The summed E-state index contributed by atoms with van der Waals surface area (Å²) in [5.41, 5.74) is 7.50. The molecule has 1 heterocycles. The van der Waals surface area contributed by atoms with Gasteiger partial charge in [-0.05, 0) is 30.3 Å². The van der Waals surface area contributed by atoms with Crippen molar-refractivity contribution in [3.63, 3.8) is 0 Å². The van der Waals surface area contributed by atoms with Crippen LogP contribution >= 0.6 is 0 Å². The summed E-state index contributed by atoms with van der Waals surface area (Å²) in [6, 6.07) is 8.65. The molecule has 0 atom stereocenters. The van der Waals surface area contributed by atoms with Gasteiger partial charge in [0.2, 0.25) is 0 Å². The van der Waals surface area contributed by atoms with Crippen molar-refractivity contribution in [1.82, 2.24) is 4.98 Å². The van der Waals surface area contributed by atoms with E-state index >= 15 is 0 Å². The predicted molar refractivity (Wildman–Crippen MR) is 55.1 cm³/mol. The van der Waals surface area contributed by atoms with Crippen LogP contribution in [0.2, 0.25) is 0 Å². The fourth-order valence-electron chi connectivity index (χ4n) is 1.27. The molecule has 0 spiro atoms. The van der Waals surface area contributed by atoms with E-state index in [0.29, 0.717) is 16.8 Å². The van der Waals surface area contributed by atoms with Crippen LogP contribution in [0.1, 0.15) is 15.9 Å². The number of benzene rings is 1. The highest BCUT2D eigenvalue weighted by molar-refractivity contribution is 6.08. The van der Waals surface area contributed by atoms with Gasteiger partial charge in [-0.1, -0.05) is 0 Å². The molecular weight excluding hydrogens is 176 g/mol. The van der Waals surface area contributed by atoms with Gasteiger partial charge in [0.15, 0.2) is 5.78 Å². The Morgan fingerprint density at radius 3 is 2.36 bits per heavy atom. The lowest BCUT2D eigenvalue weighted by Crippen LogP contribution is -1.99. The Hall–Kier alpha value is -2.03. The van der Waals surface area contributed by atoms with E-state index in [2.05, 4.69) is 4.98 Å². The van der Waals surface area contributed by atoms with Gasteiger partial charge in [0.1, 0.15) is 0 Å². The van der Waals surface area contributed by atoms with Crippen LogP contribution in [-0.2, 0) is 0 Å². The van der Waals surface area contributed by atoms with E-state index in [-0.39, 0.29) is 5.78 Å². The molecule has 0 aliphatic carbocycles. The lowest BCUT2D eigenvalue weighted by Gasteiger charge is -1.98. The van der Waals surface area contributed by atoms with Gasteiger partial charge in [0.05, 0.1) is 0 Å². The highest BCUT2D eigenvalue weighted by Crippen LogP contribution is 2.11. The van der Waals surface area contributed by atoms with Crippen LogP contribution in [0.3, 0.4) is 0 Å². The van der Waals surface area contributed by atoms with Crippen molar-refractivity contribution in [2.45, 2.75) is 0 Å². The van der Waals surface area contributed by atoms with E-state index in [1.54, 1.807) is 42.7 Å². The lowest BCUT2D eigenvalue weighted by molar-refractivity contribution is 0.103. The number of ketones is 1. The molecule has 3 nitrogen and oxygen atoms in total. The van der Waals surface area contributed by atoms with Crippen molar-refractivity contribution in [3.8, 4) is 0 Å². The third-order valence-electron chi connectivity index (χ3n) is 2.03. The first kappa shape index (κ1) is 8.56. The van der Waals surface area contributed by atoms with Crippen molar-refractivity contribution in [2.75, 3.05) is 5.73 Å². The van der Waals surface area contributed by atoms with Gasteiger partial charge in [0, 0.05) is 29.2 Å². The molecule has 14 heavy (non-hydrogen) atoms. The Morgan fingerprint density at radius 2 is 1.79 bits per heavy atom. The topological polar surface area (TPSA) is 58.9 Å². The normalized spacial score (nSPS) is 10.0. The number of nitrogen functional groups attached to an aromatic ring is 1. The summed E-state index contributed by atoms with van der Waals surface area (Å²) in [5, 5.41) is 0. The fourth-order valence-corrected chi connectivity index (χ4v) is 1.27. The van der Waals surface area contributed by atoms with Crippen molar-refractivity contribution in [1.29, 1.82) is 0 Å². The van der Waals surface area contributed by atoms with Gasteiger partial charge in [-0.15, -0.1) is 0 Å². The van der Waals surface area contributed by atoms with E-state index in [4.69, 9.17) is 5.73 Å². The molecule has 0 saturated heterocycles. The maximum atomic E-state index is 11.8. The summed E-state index contributed by atoms with van der Waals surface area (Å²) in [6.45, 7) is 0. The maximum absolute atomic E-state index is 11.8. The second kappa shape index (κ2) is 3.38. The van der Waals surface area contributed by atoms with Gasteiger partial charge >= 0.3 is 0 Å². The average Bonchev–Trinajstić information content (AvgIpc) is 2.71. The smallest absolute Gasteiger partial charge is 0.194 e. The first-order chi connectivity index (χ1) is 6.77. The summed E-state index contributed by atoms with van der Waals surface area (Å²) in [7, 11) is 0. The lowest BCUT2D eigenvalue weighted by atomic mass is 10.1. The standard InChI is InChI=1S/C11H10N2O/c12-10-3-1-8(2-4-10)11(14)9-5-6-13-7-9/h1-7,13H,12H2. The summed E-state index contributed by atoms with van der Waals surface area (Å²) < 4.78 is 0. The predicted octanol–water partition coefficient (Wildman–Crippen LogP) is 1.83. The molecule has 0 aliphatic rings. The quantitative estimate of drug-likeness (QED) is 0.555. The Labute approximate surface area is 81.6 Å². The highest BCUT2D eigenvalue weighted by atomic mass is 16.1. The van der Waals surface area contributed by atoms with Crippen LogP contribution in [0.25, 0.3) is 0 Å². The van der Waals surface area contributed by atoms with Crippen molar-refractivity contribution in [3.05, 3.63) is 53.9 Å². The molecule has 0 saturated carbocycles. The first-order valence-electron chi connectivity index (χ1n) is 4.30. The van der Waals surface area contributed by atoms with Gasteiger partial charge in [-0.3, -0.25) is 4.79 Å². The van der Waals surface area contributed by atoms with Gasteiger partial charge < -0.3 is 10.7 Å². The molecule has 0 amide bonds. The van der Waals surface area contributed by atoms with Crippen LogP contribution in [0, 0.1) is 0 Å². The third-order valence-corrected chi connectivity index (χ3v) is 2.03.